The molecular weight excluding hydrogens is 398 g/mol. The van der Waals surface area contributed by atoms with Gasteiger partial charge in [0.15, 0.2) is 5.17 Å². The number of alkyl halides is 2. The highest BCUT2D eigenvalue weighted by Crippen LogP contribution is 2.31. The fourth-order valence-electron chi connectivity index (χ4n) is 2.56. The van der Waals surface area contributed by atoms with E-state index in [1.54, 1.807) is 25.3 Å². The van der Waals surface area contributed by atoms with Crippen molar-refractivity contribution in [3.63, 3.8) is 0 Å². The van der Waals surface area contributed by atoms with Gasteiger partial charge in [-0.25, -0.2) is 4.99 Å². The van der Waals surface area contributed by atoms with Crippen LogP contribution in [0.15, 0.2) is 59.2 Å². The Kier molecular flexibility index (Phi) is 6.52. The molecule has 0 N–H and O–H groups in total. The summed E-state index contributed by atoms with van der Waals surface area (Å²) in [5, 5.41) is 0.412. The molecule has 0 aromatic heterocycles. The molecule has 2 aromatic rings. The topological polar surface area (TPSA) is 51.1 Å². The number of thioether (sulfide) groups is 1. The lowest BCUT2D eigenvalue weighted by Crippen LogP contribution is -2.30. The zero-order chi connectivity index (χ0) is 20.8. The first-order valence-corrected chi connectivity index (χ1v) is 9.40. The number of rotatable bonds is 6. The third-order valence-electron chi connectivity index (χ3n) is 3.85. The maximum Gasteiger partial charge on any atom is 0.387 e. The number of hydrogen-bond donors (Lipinski definition) is 0. The van der Waals surface area contributed by atoms with E-state index >= 15 is 0 Å². The molecule has 0 fully saturated rings. The van der Waals surface area contributed by atoms with Gasteiger partial charge in [0.25, 0.3) is 5.91 Å². The van der Waals surface area contributed by atoms with E-state index in [9.17, 15) is 13.6 Å². The van der Waals surface area contributed by atoms with Crippen LogP contribution in [0.3, 0.4) is 0 Å². The Morgan fingerprint density at radius 3 is 2.41 bits per heavy atom. The van der Waals surface area contributed by atoms with Crippen molar-refractivity contribution in [2.45, 2.75) is 6.61 Å². The molecule has 1 amide bonds. The zero-order valence-electron chi connectivity index (χ0n) is 15.3. The number of halogens is 2. The first-order valence-electron chi connectivity index (χ1n) is 8.42. The molecular formula is C21H16F2N2O3S. The van der Waals surface area contributed by atoms with Crippen molar-refractivity contribution in [2.24, 2.45) is 4.99 Å². The molecule has 0 atom stereocenters. The minimum absolute atomic E-state index is 0.000777. The third kappa shape index (κ3) is 4.95. The molecule has 0 bridgehead atoms. The largest absolute Gasteiger partial charge is 0.497 e. The van der Waals surface area contributed by atoms with E-state index in [1.807, 2.05) is 12.1 Å². The molecule has 5 nitrogen and oxygen atoms in total. The SMILES string of the molecule is C#CCSC1=N/C(=C/c2ccc(OC)cc2)C(=O)N1c1ccc(OC(F)F)cc1. The minimum atomic E-state index is -2.92. The molecule has 3 rings (SSSR count). The first kappa shape index (κ1) is 20.4. The molecule has 0 aliphatic carbocycles. The lowest BCUT2D eigenvalue weighted by Gasteiger charge is -2.17. The van der Waals surface area contributed by atoms with Gasteiger partial charge in [0.2, 0.25) is 0 Å². The second-order valence-electron chi connectivity index (χ2n) is 5.70. The highest BCUT2D eigenvalue weighted by molar-refractivity contribution is 8.14. The average molecular weight is 414 g/mol. The van der Waals surface area contributed by atoms with E-state index in [-0.39, 0.29) is 17.4 Å². The fraction of sp³-hybridized carbons (Fsp3) is 0.143. The number of nitrogens with zero attached hydrogens (tertiary/aromatic N) is 2. The van der Waals surface area contributed by atoms with E-state index < -0.39 is 6.61 Å². The van der Waals surface area contributed by atoms with Gasteiger partial charge in [-0.3, -0.25) is 9.69 Å². The molecule has 0 spiro atoms. The summed E-state index contributed by atoms with van der Waals surface area (Å²) >= 11 is 1.23. The van der Waals surface area contributed by atoms with E-state index in [4.69, 9.17) is 11.2 Å². The molecule has 0 saturated carbocycles. The van der Waals surface area contributed by atoms with Gasteiger partial charge in [-0.1, -0.05) is 29.8 Å². The van der Waals surface area contributed by atoms with Gasteiger partial charge in [-0.05, 0) is 48.0 Å². The predicted molar refractivity (Wildman–Crippen MR) is 110 cm³/mol. The first-order chi connectivity index (χ1) is 14.0. The molecule has 148 valence electrons. The molecule has 2 aromatic carbocycles. The van der Waals surface area contributed by atoms with Crippen molar-refractivity contribution in [2.75, 3.05) is 17.8 Å². The van der Waals surface area contributed by atoms with Gasteiger partial charge in [-0.2, -0.15) is 8.78 Å². The van der Waals surface area contributed by atoms with Gasteiger partial charge in [0.1, 0.15) is 17.2 Å². The van der Waals surface area contributed by atoms with Crippen molar-refractivity contribution in [3.8, 4) is 23.8 Å². The minimum Gasteiger partial charge on any atom is -0.497 e. The van der Waals surface area contributed by atoms with Crippen LogP contribution in [0.5, 0.6) is 11.5 Å². The fourth-order valence-corrected chi connectivity index (χ4v) is 3.25. The average Bonchev–Trinajstić information content (AvgIpc) is 3.02. The summed E-state index contributed by atoms with van der Waals surface area (Å²) in [4.78, 5) is 18.8. The van der Waals surface area contributed by atoms with Crippen LogP contribution in [0.2, 0.25) is 0 Å². The van der Waals surface area contributed by atoms with Crippen LogP contribution >= 0.6 is 11.8 Å². The number of aliphatic imine (C=N–C) groups is 1. The second-order valence-corrected chi connectivity index (χ2v) is 6.65. The van der Waals surface area contributed by atoms with Crippen LogP contribution in [0.25, 0.3) is 6.08 Å². The molecule has 1 aliphatic rings. The van der Waals surface area contributed by atoms with Crippen LogP contribution in [-0.4, -0.2) is 30.5 Å². The Morgan fingerprint density at radius 1 is 1.17 bits per heavy atom. The number of hydrogen-bond acceptors (Lipinski definition) is 5. The molecule has 8 heteroatoms. The molecule has 0 unspecified atom stereocenters. The number of amides is 1. The number of ether oxygens (including phenoxy) is 2. The molecule has 0 saturated heterocycles. The highest BCUT2D eigenvalue weighted by Gasteiger charge is 2.31. The lowest BCUT2D eigenvalue weighted by atomic mass is 10.2. The van der Waals surface area contributed by atoms with Gasteiger partial charge in [0.05, 0.1) is 18.6 Å². The summed E-state index contributed by atoms with van der Waals surface area (Å²) < 4.78 is 34.2. The monoisotopic (exact) mass is 414 g/mol. The van der Waals surface area contributed by atoms with Crippen molar-refractivity contribution >= 4 is 34.6 Å². The Balaban J connectivity index is 1.90. The number of methoxy groups -OCH3 is 1. The summed E-state index contributed by atoms with van der Waals surface area (Å²) in [6.07, 6.45) is 6.99. The summed E-state index contributed by atoms with van der Waals surface area (Å²) in [5.41, 5.74) is 1.49. The van der Waals surface area contributed by atoms with Gasteiger partial charge < -0.3 is 9.47 Å². The van der Waals surface area contributed by atoms with Crippen molar-refractivity contribution in [1.29, 1.82) is 0 Å². The Hall–Kier alpha value is -3.31. The number of terminal acetylenes is 1. The standard InChI is InChI=1S/C21H16F2N2O3S/c1-3-12-29-21-24-18(13-14-4-8-16(27-2)9-5-14)19(26)25(21)15-6-10-17(11-7-15)28-20(22)23/h1,4-11,13,20H,12H2,2H3/b18-13+. The van der Waals surface area contributed by atoms with Gasteiger partial charge >= 0.3 is 6.61 Å². The summed E-state index contributed by atoms with van der Waals surface area (Å²) in [6.45, 7) is -2.92. The van der Waals surface area contributed by atoms with E-state index in [0.29, 0.717) is 22.4 Å². The summed E-state index contributed by atoms with van der Waals surface area (Å²) in [5.74, 6) is 3.18. The molecule has 29 heavy (non-hydrogen) atoms. The Bertz CT molecular complexity index is 980. The Morgan fingerprint density at radius 2 is 1.83 bits per heavy atom. The number of carbonyl (C=O) groups excluding carboxylic acids is 1. The van der Waals surface area contributed by atoms with Crippen LogP contribution in [-0.2, 0) is 4.79 Å². The van der Waals surface area contributed by atoms with Crippen LogP contribution in [0.1, 0.15) is 5.56 Å². The van der Waals surface area contributed by atoms with Crippen LogP contribution in [0, 0.1) is 12.3 Å². The van der Waals surface area contributed by atoms with E-state index in [0.717, 1.165) is 5.56 Å². The number of carbonyl (C=O) groups is 1. The van der Waals surface area contributed by atoms with Crippen molar-refractivity contribution in [1.82, 2.24) is 0 Å². The van der Waals surface area contributed by atoms with Crippen molar-refractivity contribution in [3.05, 3.63) is 59.8 Å². The molecule has 1 aliphatic heterocycles. The molecule has 0 radical (unpaired) electrons. The maximum absolute atomic E-state index is 13.0. The molecule has 1 heterocycles. The Labute approximate surface area is 171 Å². The quantitative estimate of drug-likeness (QED) is 0.519. The second kappa shape index (κ2) is 9.26. The normalized spacial score (nSPS) is 14.9. The summed E-state index contributed by atoms with van der Waals surface area (Å²) in [6, 6.07) is 12.9. The van der Waals surface area contributed by atoms with Gasteiger partial charge in [0, 0.05) is 0 Å². The third-order valence-corrected chi connectivity index (χ3v) is 4.70. The summed E-state index contributed by atoms with van der Waals surface area (Å²) in [7, 11) is 1.57. The van der Waals surface area contributed by atoms with E-state index in [2.05, 4.69) is 15.6 Å². The smallest absolute Gasteiger partial charge is 0.387 e. The number of anilines is 1. The van der Waals surface area contributed by atoms with Gasteiger partial charge in [-0.15, -0.1) is 6.42 Å². The van der Waals surface area contributed by atoms with E-state index in [1.165, 1.54) is 40.9 Å². The van der Waals surface area contributed by atoms with Crippen LogP contribution < -0.4 is 14.4 Å². The van der Waals surface area contributed by atoms with Crippen LogP contribution in [0.4, 0.5) is 14.5 Å². The lowest BCUT2D eigenvalue weighted by molar-refractivity contribution is -0.113. The predicted octanol–water partition coefficient (Wildman–Crippen LogP) is 4.41. The number of amidine groups is 1. The highest BCUT2D eigenvalue weighted by atomic mass is 32.2. The zero-order valence-corrected chi connectivity index (χ0v) is 16.2. The number of benzene rings is 2. The van der Waals surface area contributed by atoms with Crippen molar-refractivity contribution < 1.29 is 23.0 Å². The maximum atomic E-state index is 13.0.